The van der Waals surface area contributed by atoms with Gasteiger partial charge in [0.25, 0.3) is 0 Å². The molecule has 13 heavy (non-hydrogen) atoms. The molecule has 0 saturated carbocycles. The molecule has 0 N–H and O–H groups in total. The smallest absolute Gasteiger partial charge is 0.0575 e. The highest BCUT2D eigenvalue weighted by Gasteiger charge is 2.01. The van der Waals surface area contributed by atoms with E-state index in [9.17, 15) is 0 Å². The lowest BCUT2D eigenvalue weighted by Crippen LogP contribution is -1.94. The zero-order chi connectivity index (χ0) is 13.1. The molecule has 0 heteroatoms. The van der Waals surface area contributed by atoms with Crippen LogP contribution in [0.15, 0.2) is 11.6 Å². The summed E-state index contributed by atoms with van der Waals surface area (Å²) in [7, 11) is 0. The monoisotopic (exact) mass is 186 g/mol. The van der Waals surface area contributed by atoms with Gasteiger partial charge in [0.2, 0.25) is 0 Å². The van der Waals surface area contributed by atoms with E-state index in [2.05, 4.69) is 6.92 Å². The minimum Gasteiger partial charge on any atom is -0.0853 e. The first-order valence-electron chi connectivity index (χ1n) is 7.86. The maximum atomic E-state index is 8.02. The first-order valence-corrected chi connectivity index (χ1v) is 5.24. The highest BCUT2D eigenvalue weighted by atomic mass is 14.1. The second-order valence-corrected chi connectivity index (χ2v) is 3.49. The Kier molecular flexibility index (Phi) is 4.55. The molecule has 0 aliphatic rings. The van der Waals surface area contributed by atoms with E-state index in [4.69, 9.17) is 5.48 Å². The minimum atomic E-state index is 0.205. The van der Waals surface area contributed by atoms with Gasteiger partial charge in [-0.15, -0.1) is 0 Å². The van der Waals surface area contributed by atoms with Crippen LogP contribution in [0.25, 0.3) is 0 Å². The fourth-order valence-electron chi connectivity index (χ4n) is 1.16. The van der Waals surface area contributed by atoms with E-state index >= 15 is 0 Å². The van der Waals surface area contributed by atoms with E-state index in [1.165, 1.54) is 0 Å². The number of rotatable bonds is 7. The lowest BCUT2D eigenvalue weighted by Gasteiger charge is -2.10. The molecular weight excluding hydrogens is 156 g/mol. The zero-order valence-electron chi connectivity index (χ0n) is 12.9. The summed E-state index contributed by atoms with van der Waals surface area (Å²) in [6, 6.07) is 0.683. The van der Waals surface area contributed by atoms with Crippen molar-refractivity contribution in [3.63, 3.8) is 0 Å². The van der Waals surface area contributed by atoms with Crippen molar-refractivity contribution in [2.24, 2.45) is 5.92 Å². The summed E-state index contributed by atoms with van der Waals surface area (Å²) in [6.45, 7) is 3.14. The Morgan fingerprint density at radius 3 is 3.08 bits per heavy atom. The Morgan fingerprint density at radius 2 is 2.46 bits per heavy atom. The average molecular weight is 186 g/mol. The van der Waals surface area contributed by atoms with Crippen LogP contribution in [0.5, 0.6) is 0 Å². The second kappa shape index (κ2) is 8.34. The van der Waals surface area contributed by atoms with Gasteiger partial charge in [-0.3, -0.25) is 0 Å². The highest BCUT2D eigenvalue weighted by molar-refractivity contribution is 5.01. The summed E-state index contributed by atoms with van der Waals surface area (Å²) < 4.78 is 30.0. The van der Waals surface area contributed by atoms with Crippen molar-refractivity contribution in [3.8, 4) is 0 Å². The van der Waals surface area contributed by atoms with Crippen LogP contribution in [0.1, 0.15) is 71.6 Å². The van der Waals surface area contributed by atoms with Gasteiger partial charge in [-0.1, -0.05) is 58.5 Å². The summed E-state index contributed by atoms with van der Waals surface area (Å²) in [5.74, 6) is 0.205. The molecule has 0 heterocycles. The Labute approximate surface area is 90.0 Å². The molecule has 78 valence electrons. The SMILES string of the molecule is [2H]CC/C(CC(C[2H])CC[2H])=C(\[2H])CCCC. The Balaban J connectivity index is 4.47. The molecule has 0 saturated heterocycles. The number of allylic oxidation sites excluding steroid dienone is 2. The van der Waals surface area contributed by atoms with Gasteiger partial charge in [-0.25, -0.2) is 0 Å². The summed E-state index contributed by atoms with van der Waals surface area (Å²) in [6.07, 6.45) is 5.08. The van der Waals surface area contributed by atoms with Crippen LogP contribution in [0.4, 0.5) is 0 Å². The van der Waals surface area contributed by atoms with E-state index in [1.807, 2.05) is 0 Å². The van der Waals surface area contributed by atoms with Gasteiger partial charge in [0.1, 0.15) is 0 Å². The molecule has 0 amide bonds. The van der Waals surface area contributed by atoms with Crippen molar-refractivity contribution in [2.75, 3.05) is 0 Å². The molecule has 0 aromatic rings. The summed E-state index contributed by atoms with van der Waals surface area (Å²) >= 11 is 0. The quantitative estimate of drug-likeness (QED) is 0.493. The Bertz CT molecular complexity index is 213. The third kappa shape index (κ3) is 6.86. The normalized spacial score (nSPS) is 19.5. The number of hydrogen-bond acceptors (Lipinski definition) is 0. The van der Waals surface area contributed by atoms with Crippen molar-refractivity contribution < 1.29 is 5.48 Å². The minimum absolute atomic E-state index is 0.205. The molecule has 0 bridgehead atoms. The maximum absolute atomic E-state index is 8.02. The fourth-order valence-corrected chi connectivity index (χ4v) is 1.16. The number of hydrogen-bond donors (Lipinski definition) is 0. The van der Waals surface area contributed by atoms with E-state index in [0.29, 0.717) is 33.2 Å². The topological polar surface area (TPSA) is 0 Å². The second-order valence-electron chi connectivity index (χ2n) is 3.49. The van der Waals surface area contributed by atoms with E-state index in [0.717, 1.165) is 37.7 Å². The third-order valence-corrected chi connectivity index (χ3v) is 2.15. The molecule has 0 aliphatic carbocycles. The van der Waals surface area contributed by atoms with Gasteiger partial charge < -0.3 is 0 Å². The van der Waals surface area contributed by atoms with E-state index in [-0.39, 0.29) is 5.92 Å². The standard InChI is InChI=1S/C13H26/c1-5-8-9-10-13(7-3)11-12(4)6-2/h10,12H,5-9,11H2,1-4H3/b13-10-/i2D,3D,4D,10D. The molecule has 1 atom stereocenters. The largest absolute Gasteiger partial charge is 0.0853 e. The van der Waals surface area contributed by atoms with Gasteiger partial charge in [0.05, 0.1) is 1.37 Å². The van der Waals surface area contributed by atoms with Crippen molar-refractivity contribution in [1.29, 1.82) is 0 Å². The highest BCUT2D eigenvalue weighted by Crippen LogP contribution is 2.18. The predicted molar refractivity (Wildman–Crippen MR) is 62.0 cm³/mol. The van der Waals surface area contributed by atoms with Crippen LogP contribution >= 0.6 is 0 Å². The molecule has 0 aromatic carbocycles. The van der Waals surface area contributed by atoms with Gasteiger partial charge in [0, 0.05) is 4.11 Å². The Hall–Kier alpha value is -0.260. The maximum Gasteiger partial charge on any atom is 0.0575 e. The zero-order valence-corrected chi connectivity index (χ0v) is 8.94. The predicted octanol–water partition coefficient (Wildman–Crippen LogP) is 4.95. The van der Waals surface area contributed by atoms with Crippen LogP contribution in [0.3, 0.4) is 0 Å². The van der Waals surface area contributed by atoms with Gasteiger partial charge in [-0.05, 0) is 25.2 Å². The van der Waals surface area contributed by atoms with Crippen LogP contribution in [0.2, 0.25) is 0 Å². The van der Waals surface area contributed by atoms with Crippen LogP contribution in [0, 0.1) is 5.92 Å². The summed E-state index contributed by atoms with van der Waals surface area (Å²) in [4.78, 5) is 0. The van der Waals surface area contributed by atoms with Crippen LogP contribution in [-0.4, -0.2) is 0 Å². The first kappa shape index (κ1) is 7.09. The summed E-state index contributed by atoms with van der Waals surface area (Å²) in [5, 5.41) is 0. The van der Waals surface area contributed by atoms with Crippen molar-refractivity contribution >= 4 is 0 Å². The lowest BCUT2D eigenvalue weighted by molar-refractivity contribution is 0.548. The van der Waals surface area contributed by atoms with Crippen molar-refractivity contribution in [2.45, 2.75) is 66.1 Å². The van der Waals surface area contributed by atoms with Crippen LogP contribution in [-0.2, 0) is 0 Å². The lowest BCUT2D eigenvalue weighted by atomic mass is 9.96. The molecule has 0 nitrogen and oxygen atoms in total. The van der Waals surface area contributed by atoms with E-state index < -0.39 is 0 Å². The molecule has 0 aliphatic heterocycles. The van der Waals surface area contributed by atoms with Gasteiger partial charge in [0.15, 0.2) is 0 Å². The fraction of sp³-hybridized carbons (Fsp3) is 0.846. The van der Waals surface area contributed by atoms with Crippen molar-refractivity contribution in [1.82, 2.24) is 0 Å². The molecule has 0 fully saturated rings. The Morgan fingerprint density at radius 1 is 1.54 bits per heavy atom. The molecular formula is C13H26. The van der Waals surface area contributed by atoms with E-state index in [1.54, 1.807) is 0 Å². The molecule has 0 spiro atoms. The van der Waals surface area contributed by atoms with Crippen LogP contribution < -0.4 is 0 Å². The molecule has 0 aromatic heterocycles. The molecule has 1 unspecified atom stereocenters. The molecule has 0 rings (SSSR count). The number of unbranched alkanes of at least 4 members (excludes halogenated alkanes) is 1. The van der Waals surface area contributed by atoms with Crippen molar-refractivity contribution in [3.05, 3.63) is 11.6 Å². The third-order valence-electron chi connectivity index (χ3n) is 2.15. The first-order chi connectivity index (χ1) is 8.19. The summed E-state index contributed by atoms with van der Waals surface area (Å²) in [5.41, 5.74) is 1.05. The molecule has 0 radical (unpaired) electrons. The average Bonchev–Trinajstić information content (AvgIpc) is 2.34. The van der Waals surface area contributed by atoms with Gasteiger partial charge in [-0.2, -0.15) is 0 Å². The van der Waals surface area contributed by atoms with Gasteiger partial charge >= 0.3 is 0 Å².